The number of hydrogen-bond donors (Lipinski definition) is 5. The highest BCUT2D eigenvalue weighted by molar-refractivity contribution is 5.57. The van der Waals surface area contributed by atoms with Crippen LogP contribution in [0, 0.1) is 0 Å². The second-order valence-electron chi connectivity index (χ2n) is 3.08. The summed E-state index contributed by atoms with van der Waals surface area (Å²) in [5.74, 6) is 0. The summed E-state index contributed by atoms with van der Waals surface area (Å²) in [5.41, 5.74) is 0. The molecule has 8 heteroatoms. The lowest BCUT2D eigenvalue weighted by atomic mass is 9.99. The van der Waals surface area contributed by atoms with Crippen LogP contribution in [0.25, 0.3) is 0 Å². The van der Waals surface area contributed by atoms with Gasteiger partial charge in [0.25, 0.3) is 0 Å². The molecule has 5 atom stereocenters. The fraction of sp³-hybridized carbons (Fsp3) is 0.857. The summed E-state index contributed by atoms with van der Waals surface area (Å²) in [4.78, 5) is 10.2. The van der Waals surface area contributed by atoms with Crippen molar-refractivity contribution in [3.05, 3.63) is 0 Å². The molecule has 88 valence electrons. The average Bonchev–Trinajstić information content (AvgIpc) is 2.18. The molecule has 0 aromatic carbocycles. The summed E-state index contributed by atoms with van der Waals surface area (Å²) in [6.07, 6.45) is -9.36. The quantitative estimate of drug-likeness (QED) is 0.324. The van der Waals surface area contributed by atoms with Gasteiger partial charge in [-0.2, -0.15) is 0 Å². The number of aliphatic hydroxyl groups excluding tert-OH is 4. The molecule has 1 aliphatic rings. The second-order valence-corrected chi connectivity index (χ2v) is 3.08. The molecule has 0 aromatic rings. The molecule has 0 amide bonds. The summed E-state index contributed by atoms with van der Waals surface area (Å²) in [6, 6.07) is 0. The van der Waals surface area contributed by atoms with E-state index in [0.29, 0.717) is 0 Å². The van der Waals surface area contributed by atoms with Crippen LogP contribution in [0.5, 0.6) is 0 Å². The van der Waals surface area contributed by atoms with Crippen LogP contribution in [-0.4, -0.2) is 69.0 Å². The van der Waals surface area contributed by atoms with Gasteiger partial charge in [0.1, 0.15) is 24.4 Å². The lowest BCUT2D eigenvalue weighted by molar-refractivity contribution is -0.287. The van der Waals surface area contributed by atoms with Crippen LogP contribution in [0.3, 0.4) is 0 Å². The third-order valence-electron chi connectivity index (χ3n) is 2.07. The molecule has 1 saturated heterocycles. The van der Waals surface area contributed by atoms with Gasteiger partial charge in [0.05, 0.1) is 6.61 Å². The number of aliphatic hydroxyl groups is 4. The van der Waals surface area contributed by atoms with Crippen molar-refractivity contribution in [2.75, 3.05) is 6.61 Å². The van der Waals surface area contributed by atoms with Gasteiger partial charge in [-0.3, -0.25) is 0 Å². The van der Waals surface area contributed by atoms with Gasteiger partial charge in [0.15, 0.2) is 0 Å². The average molecular weight is 224 g/mol. The fourth-order valence-electron chi connectivity index (χ4n) is 1.26. The van der Waals surface area contributed by atoms with Gasteiger partial charge in [-0.25, -0.2) is 4.79 Å². The summed E-state index contributed by atoms with van der Waals surface area (Å²) in [6.45, 7) is -0.634. The van der Waals surface area contributed by atoms with Gasteiger partial charge in [-0.15, -0.1) is 0 Å². The van der Waals surface area contributed by atoms with Gasteiger partial charge >= 0.3 is 6.16 Å². The molecule has 1 unspecified atom stereocenters. The van der Waals surface area contributed by atoms with E-state index in [0.717, 1.165) is 0 Å². The lowest BCUT2D eigenvalue weighted by Gasteiger charge is -2.38. The standard InChI is InChI=1S/C7H12O8/c8-1-2-3(9)4(10)5(11)6(14-2)15-7(12)13/h2-6,8-11H,1H2,(H,12,13)/t2-,3-,4+,5-,6?/m1/s1. The first-order valence-corrected chi connectivity index (χ1v) is 4.17. The molecule has 0 aromatic heterocycles. The Morgan fingerprint density at radius 3 is 2.27 bits per heavy atom. The van der Waals surface area contributed by atoms with Crippen LogP contribution >= 0.6 is 0 Å². The van der Waals surface area contributed by atoms with Crippen molar-refractivity contribution >= 4 is 6.16 Å². The van der Waals surface area contributed by atoms with Crippen molar-refractivity contribution in [1.29, 1.82) is 0 Å². The Labute approximate surface area is 84.3 Å². The van der Waals surface area contributed by atoms with Crippen molar-refractivity contribution in [3.8, 4) is 0 Å². The largest absolute Gasteiger partial charge is 0.508 e. The van der Waals surface area contributed by atoms with Crippen LogP contribution in [0.1, 0.15) is 0 Å². The molecular weight excluding hydrogens is 212 g/mol. The molecule has 15 heavy (non-hydrogen) atoms. The molecule has 0 bridgehead atoms. The highest BCUT2D eigenvalue weighted by atomic mass is 16.8. The minimum atomic E-state index is -1.70. The zero-order chi connectivity index (χ0) is 11.6. The predicted octanol–water partition coefficient (Wildman–Crippen LogP) is -2.52. The van der Waals surface area contributed by atoms with Gasteiger partial charge in [0.2, 0.25) is 6.29 Å². The monoisotopic (exact) mass is 224 g/mol. The molecule has 1 heterocycles. The van der Waals surface area contributed by atoms with Crippen LogP contribution in [0.2, 0.25) is 0 Å². The normalized spacial score (nSPS) is 41.2. The van der Waals surface area contributed by atoms with Crippen molar-refractivity contribution in [2.24, 2.45) is 0 Å². The van der Waals surface area contributed by atoms with E-state index in [4.69, 9.17) is 14.9 Å². The van der Waals surface area contributed by atoms with Crippen LogP contribution in [-0.2, 0) is 9.47 Å². The van der Waals surface area contributed by atoms with Gasteiger partial charge < -0.3 is 35.0 Å². The van der Waals surface area contributed by atoms with E-state index in [9.17, 15) is 20.1 Å². The molecule has 0 aliphatic carbocycles. The van der Waals surface area contributed by atoms with E-state index in [1.807, 2.05) is 0 Å². The first-order chi connectivity index (χ1) is 6.97. The number of hydrogen-bond acceptors (Lipinski definition) is 7. The molecule has 1 fully saturated rings. The highest BCUT2D eigenvalue weighted by Gasteiger charge is 2.45. The number of rotatable bonds is 2. The Morgan fingerprint density at radius 2 is 1.80 bits per heavy atom. The van der Waals surface area contributed by atoms with E-state index in [1.165, 1.54) is 0 Å². The van der Waals surface area contributed by atoms with Crippen molar-refractivity contribution in [1.82, 2.24) is 0 Å². The first-order valence-electron chi connectivity index (χ1n) is 4.17. The maximum absolute atomic E-state index is 10.2. The predicted molar refractivity (Wildman–Crippen MR) is 42.9 cm³/mol. The molecule has 0 radical (unpaired) electrons. The zero-order valence-electron chi connectivity index (χ0n) is 7.55. The molecule has 0 spiro atoms. The van der Waals surface area contributed by atoms with Crippen LogP contribution in [0.15, 0.2) is 0 Å². The SMILES string of the molecule is O=C(O)OC1O[C@H](CO)[C@@H](O)[C@H](O)[C@H]1O. The summed E-state index contributed by atoms with van der Waals surface area (Å²) >= 11 is 0. The third-order valence-corrected chi connectivity index (χ3v) is 2.07. The molecule has 1 aliphatic heterocycles. The number of ether oxygens (including phenoxy) is 2. The van der Waals surface area contributed by atoms with Crippen molar-refractivity contribution in [2.45, 2.75) is 30.7 Å². The topological polar surface area (TPSA) is 137 Å². The molecule has 8 nitrogen and oxygen atoms in total. The van der Waals surface area contributed by atoms with E-state index in [2.05, 4.69) is 4.74 Å². The minimum absolute atomic E-state index is 0.634. The maximum Gasteiger partial charge on any atom is 0.508 e. The van der Waals surface area contributed by atoms with E-state index >= 15 is 0 Å². The van der Waals surface area contributed by atoms with Crippen molar-refractivity contribution in [3.63, 3.8) is 0 Å². The van der Waals surface area contributed by atoms with Crippen molar-refractivity contribution < 1.29 is 39.8 Å². The summed E-state index contributed by atoms with van der Waals surface area (Å²) < 4.78 is 8.84. The maximum atomic E-state index is 10.2. The Morgan fingerprint density at radius 1 is 1.20 bits per heavy atom. The van der Waals surface area contributed by atoms with E-state index < -0.39 is 43.5 Å². The summed E-state index contributed by atoms with van der Waals surface area (Å²) in [7, 11) is 0. The Kier molecular flexibility index (Phi) is 3.83. The minimum Gasteiger partial charge on any atom is -0.450 e. The van der Waals surface area contributed by atoms with Crippen LogP contribution < -0.4 is 0 Å². The van der Waals surface area contributed by atoms with E-state index in [-0.39, 0.29) is 0 Å². The fourth-order valence-corrected chi connectivity index (χ4v) is 1.26. The van der Waals surface area contributed by atoms with Gasteiger partial charge in [-0.1, -0.05) is 0 Å². The van der Waals surface area contributed by atoms with E-state index in [1.54, 1.807) is 0 Å². The molecule has 1 rings (SSSR count). The molecule has 0 saturated carbocycles. The zero-order valence-corrected chi connectivity index (χ0v) is 7.55. The summed E-state index contributed by atoms with van der Waals surface area (Å²) in [5, 5.41) is 44.8. The third kappa shape index (κ3) is 2.55. The first kappa shape index (κ1) is 12.1. The lowest BCUT2D eigenvalue weighted by Crippen LogP contribution is -2.59. The Balaban J connectivity index is 2.69. The molecule has 5 N–H and O–H groups in total. The van der Waals surface area contributed by atoms with Gasteiger partial charge in [0, 0.05) is 0 Å². The number of carbonyl (C=O) groups is 1. The smallest absolute Gasteiger partial charge is 0.450 e. The van der Waals surface area contributed by atoms with Crippen LogP contribution in [0.4, 0.5) is 4.79 Å². The molecular formula is C7H12O8. The second kappa shape index (κ2) is 4.73. The highest BCUT2D eigenvalue weighted by Crippen LogP contribution is 2.21. The Bertz CT molecular complexity index is 229. The number of carboxylic acid groups (broad SMARTS) is 1. The Hall–Kier alpha value is -0.930. The van der Waals surface area contributed by atoms with Gasteiger partial charge in [-0.05, 0) is 0 Å².